The van der Waals surface area contributed by atoms with Crippen molar-refractivity contribution in [2.24, 2.45) is 0 Å². The maximum absolute atomic E-state index is 5.40. The first-order valence-corrected chi connectivity index (χ1v) is 6.92. The van der Waals surface area contributed by atoms with E-state index in [0.717, 1.165) is 27.8 Å². The van der Waals surface area contributed by atoms with Crippen LogP contribution in [0.15, 0.2) is 48.7 Å². The average Bonchev–Trinajstić information content (AvgIpc) is 2.59. The first-order chi connectivity index (χ1) is 10.8. The van der Waals surface area contributed by atoms with Crippen molar-refractivity contribution in [2.45, 2.75) is 0 Å². The third-order valence-electron chi connectivity index (χ3n) is 3.61. The fourth-order valence-electron chi connectivity index (χ4n) is 2.50. The van der Waals surface area contributed by atoms with Crippen LogP contribution in [0.4, 0.5) is 0 Å². The molecule has 0 radical (unpaired) electrons. The molecular weight excluding hydrogens is 278 g/mol. The monoisotopic (exact) mass is 295 g/mol. The molecule has 3 aromatic rings. The second-order valence-corrected chi connectivity index (χ2v) is 4.82. The van der Waals surface area contributed by atoms with Crippen LogP contribution >= 0.6 is 0 Å². The van der Waals surface area contributed by atoms with Crippen LogP contribution in [0.1, 0.15) is 0 Å². The molecule has 0 unspecified atom stereocenters. The lowest BCUT2D eigenvalue weighted by atomic mass is 10.0. The van der Waals surface area contributed by atoms with Crippen molar-refractivity contribution in [3.05, 3.63) is 48.7 Å². The standard InChI is InChI=1S/C18H17NO3/c1-20-14-6-4-5-13(9-14)18-15-11-17(22-3)16(21-2)10-12(15)7-8-19-18/h4-11H,1-3H3. The molecule has 0 aliphatic carbocycles. The van der Waals surface area contributed by atoms with Crippen LogP contribution in [0.2, 0.25) is 0 Å². The van der Waals surface area contributed by atoms with E-state index >= 15 is 0 Å². The molecule has 0 saturated heterocycles. The Hall–Kier alpha value is -2.75. The van der Waals surface area contributed by atoms with Gasteiger partial charge in [0.2, 0.25) is 0 Å². The van der Waals surface area contributed by atoms with E-state index in [4.69, 9.17) is 14.2 Å². The van der Waals surface area contributed by atoms with Crippen molar-refractivity contribution in [1.82, 2.24) is 4.98 Å². The molecular formula is C18H17NO3. The van der Waals surface area contributed by atoms with E-state index < -0.39 is 0 Å². The van der Waals surface area contributed by atoms with E-state index in [1.54, 1.807) is 27.5 Å². The number of rotatable bonds is 4. The zero-order valence-corrected chi connectivity index (χ0v) is 12.8. The van der Waals surface area contributed by atoms with E-state index in [2.05, 4.69) is 4.98 Å². The lowest BCUT2D eigenvalue weighted by Crippen LogP contribution is -1.93. The minimum atomic E-state index is 0.687. The highest BCUT2D eigenvalue weighted by Crippen LogP contribution is 2.36. The number of fused-ring (bicyclic) bond motifs is 1. The predicted molar refractivity (Wildman–Crippen MR) is 86.8 cm³/mol. The molecule has 0 spiro atoms. The molecule has 22 heavy (non-hydrogen) atoms. The largest absolute Gasteiger partial charge is 0.497 e. The molecule has 4 nitrogen and oxygen atoms in total. The predicted octanol–water partition coefficient (Wildman–Crippen LogP) is 3.93. The van der Waals surface area contributed by atoms with Gasteiger partial charge in [0.1, 0.15) is 5.75 Å². The van der Waals surface area contributed by atoms with Crippen LogP contribution < -0.4 is 14.2 Å². The molecule has 0 N–H and O–H groups in total. The number of nitrogens with zero attached hydrogens (tertiary/aromatic N) is 1. The van der Waals surface area contributed by atoms with Crippen molar-refractivity contribution in [2.75, 3.05) is 21.3 Å². The molecule has 112 valence electrons. The molecule has 0 fully saturated rings. The Morgan fingerprint density at radius 3 is 2.32 bits per heavy atom. The van der Waals surface area contributed by atoms with E-state index in [1.165, 1.54) is 0 Å². The highest BCUT2D eigenvalue weighted by molar-refractivity contribution is 5.96. The van der Waals surface area contributed by atoms with Crippen LogP contribution in [0.3, 0.4) is 0 Å². The van der Waals surface area contributed by atoms with Gasteiger partial charge in [-0.05, 0) is 35.7 Å². The summed E-state index contributed by atoms with van der Waals surface area (Å²) >= 11 is 0. The maximum atomic E-state index is 5.40. The molecule has 0 saturated carbocycles. The van der Waals surface area contributed by atoms with Crippen molar-refractivity contribution in [1.29, 1.82) is 0 Å². The fourth-order valence-corrected chi connectivity index (χ4v) is 2.50. The van der Waals surface area contributed by atoms with Crippen molar-refractivity contribution in [3.63, 3.8) is 0 Å². The summed E-state index contributed by atoms with van der Waals surface area (Å²) in [7, 11) is 4.92. The summed E-state index contributed by atoms with van der Waals surface area (Å²) in [6.07, 6.45) is 1.79. The van der Waals surface area contributed by atoms with E-state index in [0.29, 0.717) is 11.5 Å². The lowest BCUT2D eigenvalue weighted by Gasteiger charge is -2.12. The molecule has 0 aliphatic rings. The summed E-state index contributed by atoms with van der Waals surface area (Å²) < 4.78 is 16.1. The lowest BCUT2D eigenvalue weighted by molar-refractivity contribution is 0.356. The number of aromatic nitrogens is 1. The first kappa shape index (κ1) is 14.2. The fraction of sp³-hybridized carbons (Fsp3) is 0.167. The summed E-state index contributed by atoms with van der Waals surface area (Å²) in [5, 5.41) is 2.05. The SMILES string of the molecule is COc1cccc(-c2nccc3cc(OC)c(OC)cc23)c1. The van der Waals surface area contributed by atoms with Gasteiger partial charge in [-0.25, -0.2) is 0 Å². The van der Waals surface area contributed by atoms with Gasteiger partial charge in [0.25, 0.3) is 0 Å². The Kier molecular flexibility index (Phi) is 3.83. The molecule has 1 aromatic heterocycles. The van der Waals surface area contributed by atoms with Gasteiger partial charge in [-0.15, -0.1) is 0 Å². The quantitative estimate of drug-likeness (QED) is 0.731. The van der Waals surface area contributed by atoms with Gasteiger partial charge < -0.3 is 14.2 Å². The first-order valence-electron chi connectivity index (χ1n) is 6.92. The van der Waals surface area contributed by atoms with Gasteiger partial charge in [0.05, 0.1) is 27.0 Å². The van der Waals surface area contributed by atoms with Gasteiger partial charge in [0.15, 0.2) is 11.5 Å². The van der Waals surface area contributed by atoms with E-state index in [9.17, 15) is 0 Å². The molecule has 1 heterocycles. The van der Waals surface area contributed by atoms with Gasteiger partial charge in [-0.1, -0.05) is 12.1 Å². The van der Waals surface area contributed by atoms with Crippen LogP contribution in [0, 0.1) is 0 Å². The minimum absolute atomic E-state index is 0.687. The number of ether oxygens (including phenoxy) is 3. The van der Waals surface area contributed by atoms with E-state index in [-0.39, 0.29) is 0 Å². The third-order valence-corrected chi connectivity index (χ3v) is 3.61. The normalized spacial score (nSPS) is 10.5. The highest BCUT2D eigenvalue weighted by Gasteiger charge is 2.11. The summed E-state index contributed by atoms with van der Waals surface area (Å²) in [5.74, 6) is 2.20. The Morgan fingerprint density at radius 1 is 0.818 bits per heavy atom. The van der Waals surface area contributed by atoms with Crippen LogP contribution in [0.25, 0.3) is 22.0 Å². The zero-order chi connectivity index (χ0) is 15.5. The Bertz CT molecular complexity index is 815. The van der Waals surface area contributed by atoms with Gasteiger partial charge >= 0.3 is 0 Å². The second-order valence-electron chi connectivity index (χ2n) is 4.82. The number of methoxy groups -OCH3 is 3. The molecule has 0 atom stereocenters. The van der Waals surface area contributed by atoms with Crippen molar-refractivity contribution >= 4 is 10.8 Å². The molecule has 0 amide bonds. The van der Waals surface area contributed by atoms with Crippen LogP contribution in [-0.4, -0.2) is 26.3 Å². The maximum Gasteiger partial charge on any atom is 0.161 e. The third kappa shape index (κ3) is 2.44. The van der Waals surface area contributed by atoms with Gasteiger partial charge in [0, 0.05) is 17.1 Å². The molecule has 4 heteroatoms. The molecule has 0 bridgehead atoms. The summed E-state index contributed by atoms with van der Waals surface area (Å²) in [4.78, 5) is 4.53. The summed E-state index contributed by atoms with van der Waals surface area (Å²) in [6.45, 7) is 0. The van der Waals surface area contributed by atoms with Crippen molar-refractivity contribution < 1.29 is 14.2 Å². The van der Waals surface area contributed by atoms with Crippen LogP contribution in [0.5, 0.6) is 17.2 Å². The summed E-state index contributed by atoms with van der Waals surface area (Å²) in [5.41, 5.74) is 1.88. The number of pyridine rings is 1. The zero-order valence-electron chi connectivity index (χ0n) is 12.8. The van der Waals surface area contributed by atoms with Crippen LogP contribution in [-0.2, 0) is 0 Å². The molecule has 0 aliphatic heterocycles. The Balaban J connectivity index is 2.25. The highest BCUT2D eigenvalue weighted by atomic mass is 16.5. The average molecular weight is 295 g/mol. The summed E-state index contributed by atoms with van der Waals surface area (Å²) in [6, 6.07) is 13.7. The Morgan fingerprint density at radius 2 is 1.59 bits per heavy atom. The number of hydrogen-bond donors (Lipinski definition) is 0. The molecule has 2 aromatic carbocycles. The smallest absolute Gasteiger partial charge is 0.161 e. The molecule has 3 rings (SSSR count). The van der Waals surface area contributed by atoms with Crippen molar-refractivity contribution in [3.8, 4) is 28.5 Å². The van der Waals surface area contributed by atoms with E-state index in [1.807, 2.05) is 42.5 Å². The van der Waals surface area contributed by atoms with Gasteiger partial charge in [-0.3, -0.25) is 4.98 Å². The minimum Gasteiger partial charge on any atom is -0.497 e. The van der Waals surface area contributed by atoms with Gasteiger partial charge in [-0.2, -0.15) is 0 Å². The second kappa shape index (κ2) is 5.93. The topological polar surface area (TPSA) is 40.6 Å². The Labute approximate surface area is 129 Å². The number of benzene rings is 2. The number of hydrogen-bond acceptors (Lipinski definition) is 4.